The second-order valence-corrected chi connectivity index (χ2v) is 7.73. The van der Waals surface area contributed by atoms with Crippen LogP contribution >= 0.6 is 11.3 Å². The summed E-state index contributed by atoms with van der Waals surface area (Å²) in [5, 5.41) is 7.93. The van der Waals surface area contributed by atoms with Crippen molar-refractivity contribution in [1.29, 1.82) is 0 Å². The van der Waals surface area contributed by atoms with Crippen molar-refractivity contribution in [2.24, 2.45) is 0 Å². The van der Waals surface area contributed by atoms with Crippen LogP contribution in [0.5, 0.6) is 0 Å². The van der Waals surface area contributed by atoms with Gasteiger partial charge in [0, 0.05) is 11.1 Å². The number of rotatable bonds is 3. The Hall–Kier alpha value is -3.13. The van der Waals surface area contributed by atoms with Gasteiger partial charge >= 0.3 is 6.18 Å². The molecule has 4 rings (SSSR count). The minimum absolute atomic E-state index is 0.0964. The molecule has 29 heavy (non-hydrogen) atoms. The Morgan fingerprint density at radius 1 is 1.07 bits per heavy atom. The topological polar surface area (TPSA) is 46.9 Å². The van der Waals surface area contributed by atoms with Crippen molar-refractivity contribution in [2.45, 2.75) is 20.0 Å². The van der Waals surface area contributed by atoms with Crippen molar-refractivity contribution in [3.8, 4) is 5.69 Å². The van der Waals surface area contributed by atoms with Gasteiger partial charge in [-0.05, 0) is 50.2 Å². The number of halogens is 3. The van der Waals surface area contributed by atoms with Gasteiger partial charge in [0.15, 0.2) is 0 Å². The molecule has 2 aromatic carbocycles. The molecule has 0 saturated carbocycles. The number of alkyl halides is 3. The van der Waals surface area contributed by atoms with Gasteiger partial charge < -0.3 is 5.32 Å². The molecule has 0 unspecified atom stereocenters. The van der Waals surface area contributed by atoms with Crippen LogP contribution in [0.25, 0.3) is 15.9 Å². The highest BCUT2D eigenvalue weighted by Gasteiger charge is 2.30. The molecular formula is C21H16F3N3OS. The van der Waals surface area contributed by atoms with Gasteiger partial charge in [0.2, 0.25) is 0 Å². The SMILES string of the molecule is Cc1ccc(-n2nc(C)c3cc(C(=O)Nc4cccc(C(F)(F)F)c4)sc32)cc1. The summed E-state index contributed by atoms with van der Waals surface area (Å²) in [6.45, 7) is 3.85. The van der Waals surface area contributed by atoms with E-state index in [1.54, 1.807) is 10.7 Å². The van der Waals surface area contributed by atoms with E-state index in [0.717, 1.165) is 39.3 Å². The number of carbonyl (C=O) groups excluding carboxylic acids is 1. The predicted octanol–water partition coefficient (Wildman–Crippen LogP) is 5.97. The number of amides is 1. The van der Waals surface area contributed by atoms with E-state index in [1.165, 1.54) is 23.5 Å². The quantitative estimate of drug-likeness (QED) is 0.448. The Morgan fingerprint density at radius 2 is 1.79 bits per heavy atom. The fourth-order valence-electron chi connectivity index (χ4n) is 2.99. The van der Waals surface area contributed by atoms with Crippen LogP contribution in [-0.2, 0) is 6.18 Å². The van der Waals surface area contributed by atoms with Crippen LogP contribution in [-0.4, -0.2) is 15.7 Å². The first-order valence-corrected chi connectivity index (χ1v) is 9.59. The molecule has 148 valence electrons. The minimum Gasteiger partial charge on any atom is -0.321 e. The summed E-state index contributed by atoms with van der Waals surface area (Å²) in [6.07, 6.45) is -4.47. The number of carbonyl (C=O) groups is 1. The number of hydrogen-bond donors (Lipinski definition) is 1. The molecule has 0 atom stereocenters. The number of nitrogens with zero attached hydrogens (tertiary/aromatic N) is 2. The van der Waals surface area contributed by atoms with Crippen LogP contribution in [0, 0.1) is 13.8 Å². The Balaban J connectivity index is 1.66. The maximum absolute atomic E-state index is 12.9. The summed E-state index contributed by atoms with van der Waals surface area (Å²) in [5.41, 5.74) is 2.06. The average molecular weight is 415 g/mol. The van der Waals surface area contributed by atoms with Gasteiger partial charge in [-0.1, -0.05) is 23.8 Å². The summed E-state index contributed by atoms with van der Waals surface area (Å²) in [5.74, 6) is -0.458. The van der Waals surface area contributed by atoms with E-state index >= 15 is 0 Å². The number of fused-ring (bicyclic) bond motifs is 1. The normalized spacial score (nSPS) is 11.8. The molecule has 0 aliphatic rings. The van der Waals surface area contributed by atoms with E-state index in [1.807, 2.05) is 38.1 Å². The van der Waals surface area contributed by atoms with Gasteiger partial charge in [-0.25, -0.2) is 4.68 Å². The summed E-state index contributed by atoms with van der Waals surface area (Å²) in [6, 6.07) is 14.2. The number of benzene rings is 2. The number of anilines is 1. The standard InChI is InChI=1S/C21H16F3N3OS/c1-12-6-8-16(9-7-12)27-20-17(13(2)26-27)11-18(29-20)19(28)25-15-5-3-4-14(10-15)21(22,23)24/h3-11H,1-2H3,(H,25,28). The van der Waals surface area contributed by atoms with Gasteiger partial charge in [-0.3, -0.25) is 4.79 Å². The van der Waals surface area contributed by atoms with Crippen LogP contribution in [0.3, 0.4) is 0 Å². The smallest absolute Gasteiger partial charge is 0.321 e. The zero-order valence-corrected chi connectivity index (χ0v) is 16.4. The lowest BCUT2D eigenvalue weighted by atomic mass is 10.2. The second-order valence-electron chi connectivity index (χ2n) is 6.69. The van der Waals surface area contributed by atoms with E-state index < -0.39 is 17.6 Å². The maximum atomic E-state index is 12.9. The van der Waals surface area contributed by atoms with Crippen LogP contribution in [0.1, 0.15) is 26.5 Å². The van der Waals surface area contributed by atoms with E-state index in [-0.39, 0.29) is 5.69 Å². The molecule has 2 heterocycles. The van der Waals surface area contributed by atoms with Gasteiger partial charge in [-0.2, -0.15) is 18.3 Å². The Bertz CT molecular complexity index is 1210. The fraction of sp³-hybridized carbons (Fsp3) is 0.143. The van der Waals surface area contributed by atoms with Crippen molar-refractivity contribution in [1.82, 2.24) is 9.78 Å². The number of thiophene rings is 1. The molecule has 1 amide bonds. The number of aryl methyl sites for hydroxylation is 2. The third-order valence-electron chi connectivity index (χ3n) is 4.49. The fourth-order valence-corrected chi connectivity index (χ4v) is 4.06. The molecule has 0 aliphatic heterocycles. The molecule has 0 saturated heterocycles. The van der Waals surface area contributed by atoms with Gasteiger partial charge in [0.05, 0.1) is 21.8 Å². The van der Waals surface area contributed by atoms with Crippen molar-refractivity contribution in [2.75, 3.05) is 5.32 Å². The molecule has 0 bridgehead atoms. The monoisotopic (exact) mass is 415 g/mol. The first-order valence-electron chi connectivity index (χ1n) is 8.77. The zero-order valence-electron chi connectivity index (χ0n) is 15.5. The highest BCUT2D eigenvalue weighted by molar-refractivity contribution is 7.20. The lowest BCUT2D eigenvalue weighted by Crippen LogP contribution is -2.12. The Morgan fingerprint density at radius 3 is 2.48 bits per heavy atom. The molecule has 8 heteroatoms. The van der Waals surface area contributed by atoms with Crippen molar-refractivity contribution >= 4 is 33.1 Å². The summed E-state index contributed by atoms with van der Waals surface area (Å²) in [7, 11) is 0. The molecule has 1 N–H and O–H groups in total. The van der Waals surface area contributed by atoms with Crippen molar-refractivity contribution in [3.05, 3.63) is 76.3 Å². The molecule has 4 nitrogen and oxygen atoms in total. The molecule has 0 spiro atoms. The number of nitrogens with one attached hydrogen (secondary N) is 1. The lowest BCUT2D eigenvalue weighted by molar-refractivity contribution is -0.137. The van der Waals surface area contributed by atoms with E-state index in [4.69, 9.17) is 0 Å². The molecule has 0 fully saturated rings. The van der Waals surface area contributed by atoms with Crippen molar-refractivity contribution < 1.29 is 18.0 Å². The van der Waals surface area contributed by atoms with Gasteiger partial charge in [0.25, 0.3) is 5.91 Å². The zero-order chi connectivity index (χ0) is 20.8. The van der Waals surface area contributed by atoms with Crippen LogP contribution < -0.4 is 5.32 Å². The Labute approximate surface area is 168 Å². The van der Waals surface area contributed by atoms with Gasteiger partial charge in [-0.15, -0.1) is 11.3 Å². The highest BCUT2D eigenvalue weighted by Crippen LogP contribution is 2.33. The van der Waals surface area contributed by atoms with Crippen LogP contribution in [0.4, 0.5) is 18.9 Å². The number of aromatic nitrogens is 2. The lowest BCUT2D eigenvalue weighted by Gasteiger charge is -2.09. The molecule has 4 aromatic rings. The average Bonchev–Trinajstić information content (AvgIpc) is 3.23. The molecule has 2 aromatic heterocycles. The molecular weight excluding hydrogens is 399 g/mol. The van der Waals surface area contributed by atoms with Crippen LogP contribution in [0.15, 0.2) is 54.6 Å². The first kappa shape index (κ1) is 19.2. The largest absolute Gasteiger partial charge is 0.416 e. The van der Waals surface area contributed by atoms with E-state index in [2.05, 4.69) is 10.4 Å². The minimum atomic E-state index is -4.47. The van der Waals surface area contributed by atoms with Gasteiger partial charge in [0.1, 0.15) is 4.83 Å². The Kier molecular flexibility index (Phi) is 4.66. The third-order valence-corrected chi connectivity index (χ3v) is 5.60. The first-order chi connectivity index (χ1) is 13.7. The summed E-state index contributed by atoms with van der Waals surface area (Å²) in [4.78, 5) is 13.8. The molecule has 0 aliphatic carbocycles. The summed E-state index contributed by atoms with van der Waals surface area (Å²) >= 11 is 1.25. The predicted molar refractivity (Wildman–Crippen MR) is 108 cm³/mol. The van der Waals surface area contributed by atoms with Crippen molar-refractivity contribution in [3.63, 3.8) is 0 Å². The van der Waals surface area contributed by atoms with E-state index in [0.29, 0.717) is 4.88 Å². The highest BCUT2D eigenvalue weighted by atomic mass is 32.1. The van der Waals surface area contributed by atoms with Crippen LogP contribution in [0.2, 0.25) is 0 Å². The number of hydrogen-bond acceptors (Lipinski definition) is 3. The summed E-state index contributed by atoms with van der Waals surface area (Å²) < 4.78 is 40.4. The molecule has 0 radical (unpaired) electrons. The maximum Gasteiger partial charge on any atom is 0.416 e. The third kappa shape index (κ3) is 3.75. The van der Waals surface area contributed by atoms with E-state index in [9.17, 15) is 18.0 Å². The second kappa shape index (κ2) is 7.04.